The van der Waals surface area contributed by atoms with Crippen molar-refractivity contribution in [2.45, 2.75) is 6.10 Å². The molecule has 13 heteroatoms. The second-order valence-corrected chi connectivity index (χ2v) is 8.22. The normalized spacial score (nSPS) is 18.2. The zero-order chi connectivity index (χ0) is 26.5. The van der Waals surface area contributed by atoms with Gasteiger partial charge in [0.1, 0.15) is 17.5 Å². The third-order valence-corrected chi connectivity index (χ3v) is 5.88. The Hall–Kier alpha value is -4.39. The molecule has 0 aliphatic carbocycles. The minimum Gasteiger partial charge on any atom is -0.507 e. The van der Waals surface area contributed by atoms with Gasteiger partial charge in [0.05, 0.1) is 37.5 Å². The first-order chi connectivity index (χ1) is 17.8. The lowest BCUT2D eigenvalue weighted by atomic mass is 10.2. The summed E-state index contributed by atoms with van der Waals surface area (Å²) < 4.78 is 35.6. The van der Waals surface area contributed by atoms with Crippen LogP contribution in [0.1, 0.15) is 10.4 Å². The molecule has 2 aliphatic heterocycles. The van der Waals surface area contributed by atoms with Crippen molar-refractivity contribution in [3.8, 4) is 5.75 Å². The first-order valence-electron chi connectivity index (χ1n) is 11.4. The number of rotatable bonds is 7. The lowest BCUT2D eigenvalue weighted by molar-refractivity contribution is -0.111. The molecule has 11 nitrogen and oxygen atoms in total. The molecule has 0 saturated carbocycles. The molecule has 2 heterocycles. The number of hydrazone groups is 1. The van der Waals surface area contributed by atoms with Crippen molar-refractivity contribution in [3.63, 3.8) is 0 Å². The molecule has 0 bridgehead atoms. The van der Waals surface area contributed by atoms with E-state index >= 15 is 8.78 Å². The minimum atomic E-state index is -0.882. The highest BCUT2D eigenvalue weighted by Crippen LogP contribution is 2.32. The number of para-hydroxylation sites is 1. The van der Waals surface area contributed by atoms with Gasteiger partial charge in [0.2, 0.25) is 0 Å². The van der Waals surface area contributed by atoms with Gasteiger partial charge in [-0.1, -0.05) is 12.1 Å². The topological polar surface area (TPSA) is 124 Å². The number of anilines is 2. The molecule has 0 unspecified atom stereocenters. The molecule has 0 spiro atoms. The number of halogens is 2. The number of carbonyl (C=O) groups is 2. The van der Waals surface area contributed by atoms with E-state index in [1.807, 2.05) is 0 Å². The summed E-state index contributed by atoms with van der Waals surface area (Å²) in [5.74, 6) is -2.53. The van der Waals surface area contributed by atoms with Crippen molar-refractivity contribution in [3.05, 3.63) is 66.0 Å². The average Bonchev–Trinajstić information content (AvgIpc) is 3.07. The Balaban J connectivity index is 1.46. The predicted octanol–water partition coefficient (Wildman–Crippen LogP) is 2.24. The van der Waals surface area contributed by atoms with Gasteiger partial charge in [0.15, 0.2) is 11.6 Å². The van der Waals surface area contributed by atoms with Crippen molar-refractivity contribution in [2.24, 2.45) is 10.8 Å². The number of amides is 2. The number of nitrogens with zero attached hydrogens (tertiary/aromatic N) is 5. The molecule has 37 heavy (non-hydrogen) atoms. The third-order valence-electron chi connectivity index (χ3n) is 5.88. The second-order valence-electron chi connectivity index (χ2n) is 8.22. The van der Waals surface area contributed by atoms with E-state index in [1.54, 1.807) is 12.1 Å². The largest absolute Gasteiger partial charge is 0.507 e. The number of carbonyl (C=O) groups excluding carboxylic acids is 2. The molecule has 3 N–H and O–H groups in total. The van der Waals surface area contributed by atoms with Gasteiger partial charge in [0.25, 0.3) is 5.91 Å². The summed E-state index contributed by atoms with van der Waals surface area (Å²) in [6.45, 7) is 3.75. The molecule has 196 valence electrons. The van der Waals surface area contributed by atoms with E-state index in [9.17, 15) is 14.7 Å². The number of nitrogens with two attached hydrogens (primary N) is 1. The molecule has 0 radical (unpaired) electrons. The van der Waals surface area contributed by atoms with Crippen LogP contribution in [-0.2, 0) is 9.57 Å². The predicted molar refractivity (Wildman–Crippen MR) is 131 cm³/mol. The summed E-state index contributed by atoms with van der Waals surface area (Å²) in [6.07, 6.45) is 1.32. The van der Waals surface area contributed by atoms with Gasteiger partial charge in [-0.05, 0) is 12.1 Å². The first kappa shape index (κ1) is 25.7. The average molecular weight is 517 g/mol. The third kappa shape index (κ3) is 5.56. The monoisotopic (exact) mass is 516 g/mol. The van der Waals surface area contributed by atoms with Crippen molar-refractivity contribution in [1.82, 2.24) is 10.1 Å². The van der Waals surface area contributed by atoms with E-state index < -0.39 is 29.7 Å². The number of aromatic hydroxyl groups is 1. The fourth-order valence-corrected chi connectivity index (χ4v) is 4.13. The molecule has 4 rings (SSSR count). The highest BCUT2D eigenvalue weighted by atomic mass is 19.1. The fourth-order valence-electron chi connectivity index (χ4n) is 4.13. The summed E-state index contributed by atoms with van der Waals surface area (Å²) in [4.78, 5) is 33.1. The van der Waals surface area contributed by atoms with Crippen LogP contribution in [0.15, 0.2) is 53.9 Å². The van der Waals surface area contributed by atoms with Gasteiger partial charge in [-0.2, -0.15) is 5.10 Å². The Morgan fingerprint density at radius 3 is 2.65 bits per heavy atom. The summed E-state index contributed by atoms with van der Waals surface area (Å²) in [5, 5.41) is 16.1. The Morgan fingerprint density at radius 2 is 1.97 bits per heavy atom. The van der Waals surface area contributed by atoms with Crippen LogP contribution in [0.5, 0.6) is 5.75 Å². The molecular formula is C24H26F2N6O5. The molecule has 2 fully saturated rings. The summed E-state index contributed by atoms with van der Waals surface area (Å²) in [7, 11) is 0. The molecule has 1 atom stereocenters. The van der Waals surface area contributed by atoms with Crippen LogP contribution < -0.4 is 15.5 Å². The van der Waals surface area contributed by atoms with Crippen LogP contribution in [0.4, 0.5) is 25.0 Å². The van der Waals surface area contributed by atoms with Crippen LogP contribution in [-0.4, -0.2) is 79.3 Å². The maximum atomic E-state index is 15.2. The maximum absolute atomic E-state index is 15.2. The van der Waals surface area contributed by atoms with Crippen LogP contribution in [0, 0.1) is 11.6 Å². The van der Waals surface area contributed by atoms with E-state index in [1.165, 1.54) is 34.4 Å². The van der Waals surface area contributed by atoms with Gasteiger partial charge in [-0.25, -0.2) is 18.6 Å². The SMILES string of the molecule is C=NN(/C=C\N)C[C@H]1CN(c2cc(F)c(N3CCON(C(=O)c4ccccc4O)CC3)c(F)c2)C(=O)O1. The van der Waals surface area contributed by atoms with Crippen molar-refractivity contribution < 1.29 is 33.1 Å². The zero-order valence-electron chi connectivity index (χ0n) is 19.8. The van der Waals surface area contributed by atoms with Crippen molar-refractivity contribution >= 4 is 30.1 Å². The van der Waals surface area contributed by atoms with E-state index in [-0.39, 0.29) is 62.0 Å². The van der Waals surface area contributed by atoms with E-state index in [0.717, 1.165) is 22.1 Å². The van der Waals surface area contributed by atoms with E-state index in [0.29, 0.717) is 0 Å². The van der Waals surface area contributed by atoms with Gasteiger partial charge in [-0.3, -0.25) is 19.5 Å². The number of ether oxygens (including phenoxy) is 1. The summed E-state index contributed by atoms with van der Waals surface area (Å²) >= 11 is 0. The highest BCUT2D eigenvalue weighted by Gasteiger charge is 2.35. The first-order valence-corrected chi connectivity index (χ1v) is 11.4. The molecule has 2 amide bonds. The van der Waals surface area contributed by atoms with E-state index in [4.69, 9.17) is 15.3 Å². The fraction of sp³-hybridized carbons (Fsp3) is 0.292. The lowest BCUT2D eigenvalue weighted by Crippen LogP contribution is -2.35. The Labute approximate surface area is 211 Å². The highest BCUT2D eigenvalue weighted by molar-refractivity contribution is 5.96. The molecule has 0 aromatic heterocycles. The zero-order valence-corrected chi connectivity index (χ0v) is 19.8. The minimum absolute atomic E-state index is 0.000977. The number of hydrogen-bond donors (Lipinski definition) is 2. The molecule has 2 aliphatic rings. The summed E-state index contributed by atoms with van der Waals surface area (Å²) in [5.41, 5.74) is 5.10. The second kappa shape index (κ2) is 11.1. The standard InChI is InChI=1S/C24H26F2N6O5/c1-28-30(7-6-27)14-17-15-31(24(35)37-17)16-12-19(25)22(20(26)13-16)29-8-9-32(36-11-10-29)23(34)18-4-2-3-5-21(18)33/h2-7,12-13,17,33H,1,8-11,14-15,27H2/b7-6-/t17-/m0/s1. The van der Waals surface area contributed by atoms with Crippen LogP contribution in [0.3, 0.4) is 0 Å². The molecule has 2 aromatic carbocycles. The summed E-state index contributed by atoms with van der Waals surface area (Å²) in [6, 6.07) is 8.14. The van der Waals surface area contributed by atoms with Gasteiger partial charge >= 0.3 is 6.09 Å². The molecule has 2 aromatic rings. The number of cyclic esters (lactones) is 1. The number of hydrogen-bond acceptors (Lipinski definition) is 9. The quantitative estimate of drug-likeness (QED) is 0.424. The number of benzene rings is 2. The van der Waals surface area contributed by atoms with Crippen LogP contribution >= 0.6 is 0 Å². The smallest absolute Gasteiger partial charge is 0.414 e. The Kier molecular flexibility index (Phi) is 7.72. The lowest BCUT2D eigenvalue weighted by Gasteiger charge is -2.24. The van der Waals surface area contributed by atoms with Crippen LogP contribution in [0.2, 0.25) is 0 Å². The Bertz CT molecular complexity index is 1190. The van der Waals surface area contributed by atoms with Gasteiger partial charge in [-0.15, -0.1) is 0 Å². The molecule has 2 saturated heterocycles. The number of phenols is 1. The van der Waals surface area contributed by atoms with Crippen LogP contribution in [0.25, 0.3) is 0 Å². The van der Waals surface area contributed by atoms with E-state index in [2.05, 4.69) is 11.8 Å². The Morgan fingerprint density at radius 1 is 1.24 bits per heavy atom. The number of hydroxylamine groups is 2. The van der Waals surface area contributed by atoms with Gasteiger partial charge < -0.3 is 20.5 Å². The van der Waals surface area contributed by atoms with Gasteiger partial charge in [0, 0.05) is 44.3 Å². The maximum Gasteiger partial charge on any atom is 0.414 e. The number of phenolic OH excluding ortho intramolecular Hbond substituents is 1. The molecular weight excluding hydrogens is 490 g/mol. The van der Waals surface area contributed by atoms with Crippen molar-refractivity contribution in [1.29, 1.82) is 0 Å². The van der Waals surface area contributed by atoms with Crippen molar-refractivity contribution in [2.75, 3.05) is 49.1 Å².